The van der Waals surface area contributed by atoms with Crippen molar-refractivity contribution in [2.45, 2.75) is 63.3 Å². The highest BCUT2D eigenvalue weighted by atomic mass is 35.5. The van der Waals surface area contributed by atoms with Gasteiger partial charge in [0.25, 0.3) is 5.91 Å². The molecule has 2 amide bonds. The van der Waals surface area contributed by atoms with Crippen molar-refractivity contribution < 1.29 is 23.8 Å². The molecule has 0 saturated carbocycles. The van der Waals surface area contributed by atoms with Crippen molar-refractivity contribution in [3.8, 4) is 11.6 Å². The maximum atomic E-state index is 12.7. The molecule has 14 heteroatoms. The van der Waals surface area contributed by atoms with Crippen LogP contribution in [0.25, 0.3) is 0 Å². The fourth-order valence-electron chi connectivity index (χ4n) is 9.25. The number of rotatable bonds is 17. The highest BCUT2D eigenvalue weighted by molar-refractivity contribution is 7.97. The molecule has 1 aliphatic carbocycles. The van der Waals surface area contributed by atoms with E-state index in [4.69, 9.17) is 31.5 Å². The fraction of sp³-hybridized carbons (Fsp3) is 0.568. The summed E-state index contributed by atoms with van der Waals surface area (Å²) in [5.41, 5.74) is 10.1. The molecule has 0 radical (unpaired) electrons. The van der Waals surface area contributed by atoms with Crippen LogP contribution < -0.4 is 24.8 Å². The fourth-order valence-corrected chi connectivity index (χ4v) is 10.1. The Balaban J connectivity index is 1.05. The van der Waals surface area contributed by atoms with Crippen LogP contribution in [0.1, 0.15) is 77.3 Å². The summed E-state index contributed by atoms with van der Waals surface area (Å²) in [4.78, 5) is 32.9. The van der Waals surface area contributed by atoms with E-state index in [1.807, 2.05) is 18.2 Å². The minimum Gasteiger partial charge on any atom is -0.490 e. The minimum atomic E-state index is -0.435. The number of benzene rings is 2. The topological polar surface area (TPSA) is 127 Å². The van der Waals surface area contributed by atoms with Crippen LogP contribution in [-0.4, -0.2) is 116 Å². The summed E-state index contributed by atoms with van der Waals surface area (Å²) < 4.78 is 21.9. The highest BCUT2D eigenvalue weighted by Crippen LogP contribution is 2.45. The van der Waals surface area contributed by atoms with Gasteiger partial charge in [-0.25, -0.2) is 0 Å². The molecule has 12 nitrogen and oxygen atoms in total. The second-order valence-corrected chi connectivity index (χ2v) is 17.8. The van der Waals surface area contributed by atoms with Crippen molar-refractivity contribution >= 4 is 41.1 Å². The third-order valence-corrected chi connectivity index (χ3v) is 13.7. The summed E-state index contributed by atoms with van der Waals surface area (Å²) in [6, 6.07) is 12.6. The molecule has 2 aromatic carbocycles. The molecule has 1 spiro atoms. The van der Waals surface area contributed by atoms with Gasteiger partial charge < -0.3 is 29.7 Å². The number of carbonyl (C=O) groups is 2. The van der Waals surface area contributed by atoms with Crippen LogP contribution in [0.15, 0.2) is 54.7 Å². The third-order valence-electron chi connectivity index (χ3n) is 12.6. The standard InChI is InChI=1S/C44H60ClN7O5S/c1-4-31(15-17-52-29-44(16-8-10-32-23-35(45)12-13-38(32)44)30-57-40-14-11-33(41(46)53)24-39(40)52)34(25-50-18-20-51(21-19-50)36-27-56-28-36)9-6-5-7-22-58-48-42(54)37-26-49(2)47-43(37)55-3/h6,9,11-14,23-24,26,31,34,36H,4-5,7-8,10,15-22,25,27-30H2,1-3H3,(H2,46,53)(H,48,54)/b9-6+/t31-,34?,44+/m1/s1. The number of methoxy groups -OCH3 is 1. The van der Waals surface area contributed by atoms with Gasteiger partial charge in [-0.15, -0.1) is 5.10 Å². The Bertz CT molecular complexity index is 1910. The quantitative estimate of drug-likeness (QED) is 0.0934. The number of primary amides is 1. The lowest BCUT2D eigenvalue weighted by molar-refractivity contribution is -0.0776. The van der Waals surface area contributed by atoms with Gasteiger partial charge in [-0.3, -0.25) is 23.9 Å². The number of hydrogen-bond acceptors (Lipinski definition) is 10. The SMILES string of the molecule is CC[C@H](CCN1C[C@@]2(CCCc3cc(Cl)ccc32)COc2ccc(C(N)=O)cc21)C(/C=C/CCCSNC(=O)c1cn(C)nc1OC)CN1CCN(C2COC2)CC1. The number of halogens is 1. The number of hydrogen-bond donors (Lipinski definition) is 2. The van der Waals surface area contributed by atoms with Gasteiger partial charge in [-0.2, -0.15) is 0 Å². The second-order valence-electron chi connectivity index (χ2n) is 16.4. The predicted molar refractivity (Wildman–Crippen MR) is 231 cm³/mol. The van der Waals surface area contributed by atoms with E-state index in [9.17, 15) is 9.59 Å². The Hall–Kier alpha value is -3.75. The Morgan fingerprint density at radius 1 is 1.17 bits per heavy atom. The number of nitrogens with zero attached hydrogens (tertiary/aromatic N) is 5. The Morgan fingerprint density at radius 2 is 2.00 bits per heavy atom. The molecule has 4 heterocycles. The summed E-state index contributed by atoms with van der Waals surface area (Å²) in [6.07, 6.45) is 13.5. The molecule has 7 rings (SSSR count). The zero-order valence-electron chi connectivity index (χ0n) is 34.3. The zero-order valence-corrected chi connectivity index (χ0v) is 35.9. The van der Waals surface area contributed by atoms with Crippen molar-refractivity contribution in [2.75, 3.05) is 83.4 Å². The molecule has 3 N–H and O–H groups in total. The molecule has 3 atom stereocenters. The Labute approximate surface area is 352 Å². The van der Waals surface area contributed by atoms with Crippen molar-refractivity contribution in [1.82, 2.24) is 24.3 Å². The van der Waals surface area contributed by atoms with Crippen LogP contribution in [0.3, 0.4) is 0 Å². The highest BCUT2D eigenvalue weighted by Gasteiger charge is 2.42. The third kappa shape index (κ3) is 9.98. The molecule has 4 aliphatic rings. The lowest BCUT2D eigenvalue weighted by Crippen LogP contribution is -2.57. The number of amides is 2. The van der Waals surface area contributed by atoms with E-state index in [2.05, 4.69) is 55.7 Å². The maximum Gasteiger partial charge on any atom is 0.268 e. The maximum absolute atomic E-state index is 12.7. The Morgan fingerprint density at radius 3 is 2.74 bits per heavy atom. The number of aromatic nitrogens is 2. The first kappa shape index (κ1) is 42.4. The summed E-state index contributed by atoms with van der Waals surface area (Å²) in [6.45, 7) is 11.5. The lowest BCUT2D eigenvalue weighted by Gasteiger charge is -2.43. The number of aryl methyl sites for hydroxylation is 2. The van der Waals surface area contributed by atoms with Crippen molar-refractivity contribution in [1.29, 1.82) is 0 Å². The molecule has 58 heavy (non-hydrogen) atoms. The first-order valence-corrected chi connectivity index (χ1v) is 22.3. The van der Waals surface area contributed by atoms with E-state index in [0.29, 0.717) is 41.5 Å². The molecule has 3 aliphatic heterocycles. The molecule has 2 fully saturated rings. The summed E-state index contributed by atoms with van der Waals surface area (Å²) in [5.74, 6) is 2.11. The van der Waals surface area contributed by atoms with E-state index in [1.54, 1.807) is 24.0 Å². The van der Waals surface area contributed by atoms with Gasteiger partial charge in [0.2, 0.25) is 11.8 Å². The van der Waals surface area contributed by atoms with E-state index in [1.165, 1.54) is 30.2 Å². The number of ether oxygens (including phenoxy) is 3. The molecule has 1 aromatic heterocycles. The van der Waals surface area contributed by atoms with E-state index in [0.717, 1.165) is 126 Å². The van der Waals surface area contributed by atoms with Gasteiger partial charge in [-0.1, -0.05) is 55.1 Å². The smallest absolute Gasteiger partial charge is 0.268 e. The largest absolute Gasteiger partial charge is 0.490 e. The van der Waals surface area contributed by atoms with Crippen LogP contribution in [0.5, 0.6) is 11.6 Å². The van der Waals surface area contributed by atoms with Crippen LogP contribution >= 0.6 is 23.5 Å². The summed E-state index contributed by atoms with van der Waals surface area (Å²) in [7, 11) is 3.29. The monoisotopic (exact) mass is 833 g/mol. The van der Waals surface area contributed by atoms with Crippen molar-refractivity contribution in [3.63, 3.8) is 0 Å². The van der Waals surface area contributed by atoms with E-state index < -0.39 is 5.91 Å². The number of nitrogens with one attached hydrogen (secondary N) is 1. The number of piperazine rings is 1. The predicted octanol–water partition coefficient (Wildman–Crippen LogP) is 6.12. The summed E-state index contributed by atoms with van der Waals surface area (Å²) >= 11 is 7.92. The summed E-state index contributed by atoms with van der Waals surface area (Å²) in [5, 5.41) is 4.96. The molecule has 1 unspecified atom stereocenters. The molecular formula is C44H60ClN7O5S. The number of nitrogens with two attached hydrogens (primary N) is 1. The van der Waals surface area contributed by atoms with Crippen LogP contribution in [-0.2, 0) is 23.6 Å². The molecule has 2 saturated heterocycles. The van der Waals surface area contributed by atoms with Gasteiger partial charge >= 0.3 is 0 Å². The molecular weight excluding hydrogens is 774 g/mol. The van der Waals surface area contributed by atoms with Crippen molar-refractivity contribution in [3.05, 3.63) is 82.0 Å². The number of carbonyl (C=O) groups excluding carboxylic acids is 2. The first-order chi connectivity index (χ1) is 28.2. The normalized spacial score (nSPS) is 21.1. The van der Waals surface area contributed by atoms with Gasteiger partial charge in [0.1, 0.15) is 11.3 Å². The number of anilines is 1. The van der Waals surface area contributed by atoms with Gasteiger partial charge in [0.05, 0.1) is 38.7 Å². The molecule has 0 bridgehead atoms. The van der Waals surface area contributed by atoms with Crippen molar-refractivity contribution in [2.24, 2.45) is 24.6 Å². The average molecular weight is 835 g/mol. The second kappa shape index (κ2) is 19.5. The average Bonchev–Trinajstić information content (AvgIpc) is 3.52. The lowest BCUT2D eigenvalue weighted by atomic mass is 9.70. The number of allylic oxidation sites excluding steroid dienone is 1. The first-order valence-electron chi connectivity index (χ1n) is 21.0. The number of unbranched alkanes of at least 4 members (excludes halogenated alkanes) is 1. The molecule has 3 aromatic rings. The van der Waals surface area contributed by atoms with Crippen LogP contribution in [0, 0.1) is 11.8 Å². The Kier molecular flexibility index (Phi) is 14.3. The molecule has 314 valence electrons. The zero-order chi connectivity index (χ0) is 40.6. The van der Waals surface area contributed by atoms with E-state index in [-0.39, 0.29) is 11.3 Å². The van der Waals surface area contributed by atoms with Gasteiger partial charge in [0, 0.05) is 80.8 Å². The minimum absolute atomic E-state index is 0.197. The van der Waals surface area contributed by atoms with Gasteiger partial charge in [-0.05, 0) is 91.8 Å². The van der Waals surface area contributed by atoms with Gasteiger partial charge in [0.15, 0.2) is 0 Å². The van der Waals surface area contributed by atoms with E-state index >= 15 is 0 Å². The van der Waals surface area contributed by atoms with Crippen LogP contribution in [0.2, 0.25) is 5.02 Å². The van der Waals surface area contributed by atoms with Crippen LogP contribution in [0.4, 0.5) is 5.69 Å². The number of fused-ring (bicyclic) bond motifs is 3.